The van der Waals surface area contributed by atoms with Crippen molar-refractivity contribution in [3.05, 3.63) is 54.4 Å². The Bertz CT molecular complexity index is 676. The number of benzene rings is 1. The van der Waals surface area contributed by atoms with Crippen LogP contribution in [0.5, 0.6) is 0 Å². The van der Waals surface area contributed by atoms with Crippen molar-refractivity contribution in [2.45, 2.75) is 6.54 Å². The fraction of sp³-hybridized carbons (Fsp3) is 0.294. The van der Waals surface area contributed by atoms with Crippen LogP contribution >= 0.6 is 0 Å². The zero-order chi connectivity index (χ0) is 14.1. The molecule has 0 saturated carbocycles. The lowest BCUT2D eigenvalue weighted by atomic mass is 10.2. The lowest BCUT2D eigenvalue weighted by Crippen LogP contribution is -2.45. The van der Waals surface area contributed by atoms with E-state index >= 15 is 0 Å². The van der Waals surface area contributed by atoms with Crippen LogP contribution in [0.15, 0.2) is 53.1 Å². The summed E-state index contributed by atoms with van der Waals surface area (Å²) in [5.74, 6) is 0.986. The highest BCUT2D eigenvalue weighted by molar-refractivity contribution is 5.80. The van der Waals surface area contributed by atoms with Crippen LogP contribution < -0.4 is 4.90 Å². The number of hydrogen-bond acceptors (Lipinski definition) is 3. The topological polar surface area (TPSA) is 35.4 Å². The monoisotopic (exact) mass is 281 g/mol. The minimum atomic E-state index is 0.986. The highest BCUT2D eigenvalue weighted by atomic mass is 16.3. The second-order valence-corrected chi connectivity index (χ2v) is 5.60. The molecule has 21 heavy (non-hydrogen) atoms. The third kappa shape index (κ3) is 2.54. The van der Waals surface area contributed by atoms with Crippen molar-refractivity contribution in [1.29, 1.82) is 0 Å². The van der Waals surface area contributed by atoms with Crippen molar-refractivity contribution in [3.63, 3.8) is 0 Å². The maximum Gasteiger partial charge on any atom is 0.195 e. The van der Waals surface area contributed by atoms with Gasteiger partial charge in [0.15, 0.2) is 5.88 Å². The third-order valence-electron chi connectivity index (χ3n) is 4.17. The van der Waals surface area contributed by atoms with Gasteiger partial charge in [0.25, 0.3) is 0 Å². The summed E-state index contributed by atoms with van der Waals surface area (Å²) >= 11 is 0. The molecule has 4 heteroatoms. The average Bonchev–Trinajstić information content (AvgIpc) is 3.17. The zero-order valence-electron chi connectivity index (χ0n) is 12.0. The van der Waals surface area contributed by atoms with Crippen LogP contribution in [0.4, 0.5) is 5.88 Å². The number of hydrogen-bond donors (Lipinski definition) is 1. The number of para-hydroxylation sites is 1. The molecule has 4 nitrogen and oxygen atoms in total. The van der Waals surface area contributed by atoms with Gasteiger partial charge in [-0.2, -0.15) is 0 Å². The molecule has 0 spiro atoms. The van der Waals surface area contributed by atoms with E-state index in [1.165, 1.54) is 16.6 Å². The second-order valence-electron chi connectivity index (χ2n) is 5.60. The standard InChI is InChI=1S/C17H19N3O/c1-2-5-16-14(4-1)12-15(18-16)13-19-7-9-20(10-8-19)17-6-3-11-21-17/h1-6,11-12,18H,7-10,13H2. The Balaban J connectivity index is 1.40. The third-order valence-corrected chi connectivity index (χ3v) is 4.17. The molecule has 1 aliphatic rings. The van der Waals surface area contributed by atoms with Crippen LogP contribution in [0.1, 0.15) is 5.69 Å². The number of aromatic amines is 1. The Labute approximate surface area is 124 Å². The van der Waals surface area contributed by atoms with Crippen LogP contribution in [0.3, 0.4) is 0 Å². The quantitative estimate of drug-likeness (QED) is 0.801. The molecule has 1 fully saturated rings. The molecule has 1 N–H and O–H groups in total. The lowest BCUT2D eigenvalue weighted by Gasteiger charge is -2.34. The molecule has 0 unspecified atom stereocenters. The zero-order valence-corrected chi connectivity index (χ0v) is 12.0. The van der Waals surface area contributed by atoms with Gasteiger partial charge in [-0.05, 0) is 23.6 Å². The van der Waals surface area contributed by atoms with Gasteiger partial charge < -0.3 is 14.3 Å². The molecule has 3 aromatic rings. The van der Waals surface area contributed by atoms with E-state index in [4.69, 9.17) is 4.42 Å². The highest BCUT2D eigenvalue weighted by Gasteiger charge is 2.19. The first kappa shape index (κ1) is 12.5. The Kier molecular flexibility index (Phi) is 3.16. The van der Waals surface area contributed by atoms with Crippen LogP contribution in [0.25, 0.3) is 10.9 Å². The van der Waals surface area contributed by atoms with Crippen LogP contribution in [0, 0.1) is 0 Å². The summed E-state index contributed by atoms with van der Waals surface area (Å²) in [5.41, 5.74) is 2.52. The number of fused-ring (bicyclic) bond motifs is 1. The summed E-state index contributed by atoms with van der Waals surface area (Å²) in [7, 11) is 0. The number of H-pyrrole nitrogens is 1. The van der Waals surface area contributed by atoms with Gasteiger partial charge in [0, 0.05) is 50.0 Å². The maximum absolute atomic E-state index is 5.47. The van der Waals surface area contributed by atoms with Gasteiger partial charge in [-0.15, -0.1) is 0 Å². The molecule has 0 amide bonds. The fourth-order valence-electron chi connectivity index (χ4n) is 3.04. The number of anilines is 1. The van der Waals surface area contributed by atoms with E-state index in [1.807, 2.05) is 12.1 Å². The van der Waals surface area contributed by atoms with Crippen LogP contribution in [-0.4, -0.2) is 36.1 Å². The van der Waals surface area contributed by atoms with Gasteiger partial charge in [-0.25, -0.2) is 0 Å². The van der Waals surface area contributed by atoms with E-state index in [1.54, 1.807) is 6.26 Å². The molecule has 0 aliphatic carbocycles. The summed E-state index contributed by atoms with van der Waals surface area (Å²) in [6.45, 7) is 5.16. The minimum absolute atomic E-state index is 0.986. The molecule has 3 heterocycles. The molecule has 1 aliphatic heterocycles. The summed E-state index contributed by atoms with van der Waals surface area (Å²) in [4.78, 5) is 8.31. The number of rotatable bonds is 3. The van der Waals surface area contributed by atoms with Crippen molar-refractivity contribution in [1.82, 2.24) is 9.88 Å². The molecular weight excluding hydrogens is 262 g/mol. The van der Waals surface area contributed by atoms with Gasteiger partial charge in [-0.1, -0.05) is 18.2 Å². The van der Waals surface area contributed by atoms with Crippen molar-refractivity contribution in [3.8, 4) is 0 Å². The smallest absolute Gasteiger partial charge is 0.195 e. The van der Waals surface area contributed by atoms with Crippen molar-refractivity contribution in [2.24, 2.45) is 0 Å². The number of aromatic nitrogens is 1. The first-order valence-electron chi connectivity index (χ1n) is 7.46. The van der Waals surface area contributed by atoms with Crippen molar-refractivity contribution in [2.75, 3.05) is 31.1 Å². The average molecular weight is 281 g/mol. The van der Waals surface area contributed by atoms with Gasteiger partial charge in [0.05, 0.1) is 6.26 Å². The summed E-state index contributed by atoms with van der Waals surface area (Å²) < 4.78 is 5.47. The molecule has 1 saturated heterocycles. The van der Waals surface area contributed by atoms with Crippen molar-refractivity contribution < 1.29 is 4.42 Å². The molecule has 1 aromatic carbocycles. The van der Waals surface area contributed by atoms with Crippen LogP contribution in [0.2, 0.25) is 0 Å². The fourth-order valence-corrected chi connectivity index (χ4v) is 3.04. The number of piperazine rings is 1. The number of nitrogens with zero attached hydrogens (tertiary/aromatic N) is 2. The minimum Gasteiger partial charge on any atom is -0.449 e. The number of furan rings is 1. The Morgan fingerprint density at radius 2 is 1.86 bits per heavy atom. The Morgan fingerprint density at radius 1 is 1.00 bits per heavy atom. The van der Waals surface area contributed by atoms with E-state index in [-0.39, 0.29) is 0 Å². The van der Waals surface area contributed by atoms with Crippen molar-refractivity contribution >= 4 is 16.8 Å². The largest absolute Gasteiger partial charge is 0.449 e. The molecule has 0 atom stereocenters. The lowest BCUT2D eigenvalue weighted by molar-refractivity contribution is 0.244. The molecule has 4 rings (SSSR count). The molecule has 0 bridgehead atoms. The summed E-state index contributed by atoms with van der Waals surface area (Å²) in [6, 6.07) is 14.7. The van der Waals surface area contributed by atoms with E-state index in [9.17, 15) is 0 Å². The molecule has 0 radical (unpaired) electrons. The predicted molar refractivity (Wildman–Crippen MR) is 84.5 cm³/mol. The maximum atomic E-state index is 5.47. The normalized spacial score (nSPS) is 16.7. The second kappa shape index (κ2) is 5.30. The van der Waals surface area contributed by atoms with Gasteiger partial charge >= 0.3 is 0 Å². The summed E-state index contributed by atoms with van der Waals surface area (Å²) in [5, 5.41) is 1.29. The molecule has 2 aromatic heterocycles. The summed E-state index contributed by atoms with van der Waals surface area (Å²) in [6.07, 6.45) is 1.74. The van der Waals surface area contributed by atoms with E-state index < -0.39 is 0 Å². The predicted octanol–water partition coefficient (Wildman–Crippen LogP) is 3.08. The Hall–Kier alpha value is -2.20. The first-order chi connectivity index (χ1) is 10.4. The highest BCUT2D eigenvalue weighted by Crippen LogP contribution is 2.19. The SMILES string of the molecule is c1coc(N2CCN(Cc3cc4ccccc4[nH]3)CC2)c1. The Morgan fingerprint density at radius 3 is 2.62 bits per heavy atom. The van der Waals surface area contributed by atoms with E-state index in [0.717, 1.165) is 38.6 Å². The molecule has 108 valence electrons. The van der Waals surface area contributed by atoms with E-state index in [0.29, 0.717) is 0 Å². The van der Waals surface area contributed by atoms with Crippen LogP contribution in [-0.2, 0) is 6.54 Å². The van der Waals surface area contributed by atoms with Gasteiger partial charge in [-0.3, -0.25) is 4.90 Å². The number of nitrogens with one attached hydrogen (secondary N) is 1. The molecular formula is C17H19N3O. The van der Waals surface area contributed by atoms with E-state index in [2.05, 4.69) is 45.1 Å². The van der Waals surface area contributed by atoms with Gasteiger partial charge in [0.1, 0.15) is 0 Å². The first-order valence-corrected chi connectivity index (χ1v) is 7.46. The van der Waals surface area contributed by atoms with Gasteiger partial charge in [0.2, 0.25) is 0 Å².